The smallest absolute Gasteiger partial charge is 0.305 e. The van der Waals surface area contributed by atoms with Gasteiger partial charge >= 0.3 is 5.97 Å². The van der Waals surface area contributed by atoms with Gasteiger partial charge in [0.15, 0.2) is 0 Å². The minimum Gasteiger partial charge on any atom is -0.481 e. The number of aryl methyl sites for hydroxylation is 1. The summed E-state index contributed by atoms with van der Waals surface area (Å²) in [4.78, 5) is 25.4. The number of halogens is 1. The standard InChI is InChI=1S/C13H18BrNO3S/c1-8-7-9(19-11(8)14)12(18)15(13(2,3)4)6-5-10(16)17/h7H,5-6H2,1-4H3,(H,16,17). The lowest BCUT2D eigenvalue weighted by molar-refractivity contribution is -0.137. The summed E-state index contributed by atoms with van der Waals surface area (Å²) in [6.07, 6.45) is -0.0471. The Morgan fingerprint density at radius 2 is 2.00 bits per heavy atom. The summed E-state index contributed by atoms with van der Waals surface area (Å²) in [6, 6.07) is 1.83. The van der Waals surface area contributed by atoms with Crippen molar-refractivity contribution in [1.29, 1.82) is 0 Å². The quantitative estimate of drug-likeness (QED) is 0.906. The van der Waals surface area contributed by atoms with Crippen molar-refractivity contribution in [3.63, 3.8) is 0 Å². The van der Waals surface area contributed by atoms with E-state index < -0.39 is 11.5 Å². The third-order valence-electron chi connectivity index (χ3n) is 2.67. The van der Waals surface area contributed by atoms with Gasteiger partial charge in [0.25, 0.3) is 5.91 Å². The maximum atomic E-state index is 12.5. The normalized spacial score (nSPS) is 11.4. The van der Waals surface area contributed by atoms with Crippen molar-refractivity contribution in [2.75, 3.05) is 6.54 Å². The predicted molar refractivity (Wildman–Crippen MR) is 79.8 cm³/mol. The van der Waals surface area contributed by atoms with E-state index in [1.165, 1.54) is 11.3 Å². The lowest BCUT2D eigenvalue weighted by Crippen LogP contribution is -2.46. The molecular formula is C13H18BrNO3S. The monoisotopic (exact) mass is 347 g/mol. The lowest BCUT2D eigenvalue weighted by Gasteiger charge is -2.35. The van der Waals surface area contributed by atoms with Gasteiger partial charge in [0.1, 0.15) is 0 Å². The van der Waals surface area contributed by atoms with E-state index in [0.29, 0.717) is 4.88 Å². The fourth-order valence-electron chi connectivity index (χ4n) is 1.65. The topological polar surface area (TPSA) is 57.6 Å². The number of hydrogen-bond acceptors (Lipinski definition) is 3. The summed E-state index contributed by atoms with van der Waals surface area (Å²) in [6.45, 7) is 7.86. The van der Waals surface area contributed by atoms with Crippen molar-refractivity contribution >= 4 is 39.1 Å². The van der Waals surface area contributed by atoms with Crippen molar-refractivity contribution in [3.05, 3.63) is 20.3 Å². The molecular weight excluding hydrogens is 330 g/mol. The first kappa shape index (κ1) is 16.2. The van der Waals surface area contributed by atoms with Gasteiger partial charge in [-0.2, -0.15) is 0 Å². The molecule has 1 heterocycles. The molecule has 0 aromatic carbocycles. The number of amides is 1. The summed E-state index contributed by atoms with van der Waals surface area (Å²) >= 11 is 4.78. The van der Waals surface area contributed by atoms with Gasteiger partial charge in [0.05, 0.1) is 15.1 Å². The second kappa shape index (κ2) is 6.05. The van der Waals surface area contributed by atoms with E-state index in [1.807, 2.05) is 33.8 Å². The number of carbonyl (C=O) groups excluding carboxylic acids is 1. The number of carbonyl (C=O) groups is 2. The molecule has 0 aliphatic rings. The van der Waals surface area contributed by atoms with Gasteiger partial charge in [-0.25, -0.2) is 0 Å². The molecule has 0 aliphatic heterocycles. The Labute approximate surface area is 125 Å². The van der Waals surface area contributed by atoms with Crippen LogP contribution in [0.4, 0.5) is 0 Å². The fourth-order valence-corrected chi connectivity index (χ4v) is 3.13. The van der Waals surface area contributed by atoms with Gasteiger partial charge in [-0.1, -0.05) is 0 Å². The molecule has 0 fully saturated rings. The number of carboxylic acid groups (broad SMARTS) is 1. The number of nitrogens with zero attached hydrogens (tertiary/aromatic N) is 1. The molecule has 0 bridgehead atoms. The third kappa shape index (κ3) is 4.31. The highest BCUT2D eigenvalue weighted by molar-refractivity contribution is 9.11. The van der Waals surface area contributed by atoms with E-state index in [2.05, 4.69) is 15.9 Å². The van der Waals surface area contributed by atoms with Crippen molar-refractivity contribution in [3.8, 4) is 0 Å². The van der Waals surface area contributed by atoms with E-state index in [0.717, 1.165) is 9.35 Å². The van der Waals surface area contributed by atoms with E-state index in [9.17, 15) is 9.59 Å². The van der Waals surface area contributed by atoms with Crippen LogP contribution in [-0.4, -0.2) is 34.0 Å². The average Bonchev–Trinajstić information content (AvgIpc) is 2.57. The zero-order valence-corrected chi connectivity index (χ0v) is 13.9. The molecule has 1 aromatic heterocycles. The summed E-state index contributed by atoms with van der Waals surface area (Å²) < 4.78 is 0.933. The Bertz CT molecular complexity index is 471. The summed E-state index contributed by atoms with van der Waals surface area (Å²) in [5, 5.41) is 8.79. The summed E-state index contributed by atoms with van der Waals surface area (Å²) in [5.74, 6) is -1.02. The Kier molecular flexibility index (Phi) is 5.15. The second-order valence-corrected chi connectivity index (χ2v) is 7.71. The van der Waals surface area contributed by atoms with E-state index >= 15 is 0 Å². The molecule has 0 saturated heterocycles. The van der Waals surface area contributed by atoms with E-state index in [4.69, 9.17) is 5.11 Å². The van der Waals surface area contributed by atoms with Crippen LogP contribution in [-0.2, 0) is 4.79 Å². The minimum atomic E-state index is -0.898. The van der Waals surface area contributed by atoms with Gasteiger partial charge in [0.2, 0.25) is 0 Å². The van der Waals surface area contributed by atoms with Gasteiger partial charge in [-0.15, -0.1) is 11.3 Å². The van der Waals surface area contributed by atoms with Crippen molar-refractivity contribution < 1.29 is 14.7 Å². The van der Waals surface area contributed by atoms with Crippen LogP contribution in [0.5, 0.6) is 0 Å². The Hall–Kier alpha value is -0.880. The number of hydrogen-bond donors (Lipinski definition) is 1. The van der Waals surface area contributed by atoms with Crippen LogP contribution in [0.1, 0.15) is 42.4 Å². The molecule has 0 aliphatic carbocycles. The van der Waals surface area contributed by atoms with Gasteiger partial charge in [-0.3, -0.25) is 9.59 Å². The SMILES string of the molecule is Cc1cc(C(=O)N(CCC(=O)O)C(C)(C)C)sc1Br. The maximum absolute atomic E-state index is 12.5. The fraction of sp³-hybridized carbons (Fsp3) is 0.538. The highest BCUT2D eigenvalue weighted by atomic mass is 79.9. The average molecular weight is 348 g/mol. The van der Waals surface area contributed by atoms with Gasteiger partial charge in [-0.05, 0) is 55.3 Å². The number of aliphatic carboxylic acids is 1. The minimum absolute atomic E-state index is 0.0471. The largest absolute Gasteiger partial charge is 0.481 e. The number of carboxylic acids is 1. The van der Waals surface area contributed by atoms with Gasteiger partial charge in [0, 0.05) is 12.1 Å². The molecule has 0 atom stereocenters. The molecule has 0 spiro atoms. The summed E-state index contributed by atoms with van der Waals surface area (Å²) in [7, 11) is 0. The van der Waals surface area contributed by atoms with Crippen molar-refractivity contribution in [2.45, 2.75) is 39.7 Å². The predicted octanol–water partition coefficient (Wildman–Crippen LogP) is 3.53. The molecule has 4 nitrogen and oxygen atoms in total. The Balaban J connectivity index is 2.97. The zero-order valence-electron chi connectivity index (χ0n) is 11.5. The van der Waals surface area contributed by atoms with Crippen molar-refractivity contribution in [1.82, 2.24) is 4.90 Å². The molecule has 0 unspecified atom stereocenters. The second-order valence-electron chi connectivity index (χ2n) is 5.34. The third-order valence-corrected chi connectivity index (χ3v) is 4.80. The van der Waals surface area contributed by atoms with Crippen LogP contribution in [0.15, 0.2) is 9.85 Å². The molecule has 0 radical (unpaired) electrons. The van der Waals surface area contributed by atoms with Crippen LogP contribution < -0.4 is 0 Å². The Morgan fingerprint density at radius 3 is 2.37 bits per heavy atom. The molecule has 106 valence electrons. The highest BCUT2D eigenvalue weighted by Crippen LogP contribution is 2.29. The maximum Gasteiger partial charge on any atom is 0.305 e. The zero-order chi connectivity index (χ0) is 14.8. The Morgan fingerprint density at radius 1 is 1.42 bits per heavy atom. The molecule has 1 rings (SSSR count). The van der Waals surface area contributed by atoms with E-state index in [1.54, 1.807) is 4.90 Å². The first-order valence-corrected chi connectivity index (χ1v) is 7.53. The molecule has 1 aromatic rings. The highest BCUT2D eigenvalue weighted by Gasteiger charge is 2.28. The number of thiophene rings is 1. The molecule has 1 N–H and O–H groups in total. The van der Waals surface area contributed by atoms with Crippen LogP contribution in [0, 0.1) is 6.92 Å². The van der Waals surface area contributed by atoms with Gasteiger partial charge < -0.3 is 10.0 Å². The summed E-state index contributed by atoms with van der Waals surface area (Å²) in [5.41, 5.74) is 0.608. The molecule has 19 heavy (non-hydrogen) atoms. The van der Waals surface area contributed by atoms with Crippen LogP contribution >= 0.6 is 27.3 Å². The van der Waals surface area contributed by atoms with E-state index in [-0.39, 0.29) is 18.9 Å². The molecule has 6 heteroatoms. The van der Waals surface area contributed by atoms with Crippen LogP contribution in [0.3, 0.4) is 0 Å². The molecule has 0 saturated carbocycles. The first-order valence-electron chi connectivity index (χ1n) is 5.92. The molecule has 1 amide bonds. The van der Waals surface area contributed by atoms with Crippen LogP contribution in [0.2, 0.25) is 0 Å². The lowest BCUT2D eigenvalue weighted by atomic mass is 10.1. The number of rotatable bonds is 4. The first-order chi connectivity index (χ1) is 8.62. The van der Waals surface area contributed by atoms with Crippen LogP contribution in [0.25, 0.3) is 0 Å². The van der Waals surface area contributed by atoms with Crippen molar-refractivity contribution in [2.24, 2.45) is 0 Å².